The van der Waals surface area contributed by atoms with E-state index in [0.717, 1.165) is 0 Å². The van der Waals surface area contributed by atoms with Crippen molar-refractivity contribution in [1.82, 2.24) is 19.9 Å². The topological polar surface area (TPSA) is 72.8 Å². The van der Waals surface area contributed by atoms with Crippen LogP contribution in [0.4, 0.5) is 23.4 Å². The van der Waals surface area contributed by atoms with Crippen molar-refractivity contribution < 1.29 is 34.5 Å². The van der Waals surface area contributed by atoms with Gasteiger partial charge in [-0.3, -0.25) is 4.90 Å². The molecule has 0 N–H and O–H groups in total. The highest BCUT2D eigenvalue weighted by atomic mass is 19.1. The minimum absolute atomic E-state index is 0.0142. The number of halogens is 4. The lowest BCUT2D eigenvalue weighted by Gasteiger charge is -2.31. The molecule has 4 fully saturated rings. The highest BCUT2D eigenvalue weighted by Crippen LogP contribution is 2.47. The van der Waals surface area contributed by atoms with Crippen molar-refractivity contribution in [3.05, 3.63) is 47.5 Å². The Morgan fingerprint density at radius 1 is 1.15 bits per heavy atom. The standard InChI is InChI=1S/C34H31F4N5O3/c1-3-20-23(36)9-8-18-6-4-7-21(24(18)20)28-27(38)29-25(32(39-28)44-2)31(43-12-13-45-16-22-26(37)30(22)43)41-33(40-29)46-17-34-10-5-11-42(34)15-19(35)14-34/h1,4,6-9,19,22,26,30H,5,10-17H2,2H3/t19-,22-,26-,30-,34+/m1/s1/i17D2. The maximum atomic E-state index is 17.0. The van der Waals surface area contributed by atoms with Gasteiger partial charge in [-0.05, 0) is 30.8 Å². The van der Waals surface area contributed by atoms with Gasteiger partial charge in [0.15, 0.2) is 5.82 Å². The minimum atomic E-state index is -2.48. The number of alkyl halides is 2. The summed E-state index contributed by atoms with van der Waals surface area (Å²) in [5, 5.41) is 0.813. The van der Waals surface area contributed by atoms with Gasteiger partial charge >= 0.3 is 6.01 Å². The van der Waals surface area contributed by atoms with Crippen molar-refractivity contribution in [2.24, 2.45) is 5.92 Å². The zero-order valence-electron chi connectivity index (χ0n) is 26.9. The summed E-state index contributed by atoms with van der Waals surface area (Å²) in [4.78, 5) is 16.8. The molecule has 1 saturated carbocycles. The summed E-state index contributed by atoms with van der Waals surface area (Å²) in [5.74, 6) is 0.216. The zero-order valence-corrected chi connectivity index (χ0v) is 24.9. The van der Waals surface area contributed by atoms with Crippen LogP contribution in [0.3, 0.4) is 0 Å². The number of aromatic nitrogens is 3. The van der Waals surface area contributed by atoms with E-state index < -0.39 is 54.0 Å². The largest absolute Gasteiger partial charge is 0.480 e. The van der Waals surface area contributed by atoms with Crippen molar-refractivity contribution >= 4 is 27.5 Å². The first-order valence-corrected chi connectivity index (χ1v) is 15.3. The Balaban J connectivity index is 1.36. The normalized spacial score (nSPS) is 28.3. The van der Waals surface area contributed by atoms with Gasteiger partial charge in [0, 0.05) is 36.4 Å². The third kappa shape index (κ3) is 4.47. The monoisotopic (exact) mass is 635 g/mol. The molecule has 0 amide bonds. The van der Waals surface area contributed by atoms with Crippen LogP contribution in [0.5, 0.6) is 11.9 Å². The van der Waals surface area contributed by atoms with Crippen LogP contribution in [0.2, 0.25) is 0 Å². The van der Waals surface area contributed by atoms with Gasteiger partial charge in [0.2, 0.25) is 5.88 Å². The molecule has 0 radical (unpaired) electrons. The molecule has 8 nitrogen and oxygen atoms in total. The highest BCUT2D eigenvalue weighted by molar-refractivity contribution is 6.03. The number of ether oxygens (including phenoxy) is 3. The van der Waals surface area contributed by atoms with Crippen LogP contribution in [-0.4, -0.2) is 90.3 Å². The Kier molecular flexibility index (Phi) is 6.42. The summed E-state index contributed by atoms with van der Waals surface area (Å²) in [6, 6.07) is 6.51. The number of rotatable bonds is 6. The van der Waals surface area contributed by atoms with Gasteiger partial charge in [-0.1, -0.05) is 30.2 Å². The molecule has 0 spiro atoms. The smallest absolute Gasteiger partial charge is 0.319 e. The van der Waals surface area contributed by atoms with Crippen LogP contribution in [-0.2, 0) is 4.74 Å². The highest BCUT2D eigenvalue weighted by Gasteiger charge is 2.57. The summed E-state index contributed by atoms with van der Waals surface area (Å²) < 4.78 is 97.0. The fourth-order valence-corrected chi connectivity index (χ4v) is 7.46. The molecule has 0 unspecified atom stereocenters. The SMILES string of the molecule is [2H]C([2H])(Oc1nc(N2CCOC[C@@H]3[C@@H](F)[C@@H]32)c2c(OC)nc(-c3cccc4ccc(F)c(C#C)c34)c(F)c2n1)[C@@]12CCCN1C[C@H](F)C2. The van der Waals surface area contributed by atoms with E-state index in [9.17, 15) is 8.78 Å². The van der Waals surface area contributed by atoms with Gasteiger partial charge in [-0.2, -0.15) is 9.97 Å². The number of anilines is 1. The Morgan fingerprint density at radius 3 is 2.85 bits per heavy atom. The molecular formula is C34H31F4N5O3. The van der Waals surface area contributed by atoms with E-state index in [1.165, 1.54) is 19.2 Å². The second-order valence-electron chi connectivity index (χ2n) is 12.3. The third-order valence-electron chi connectivity index (χ3n) is 9.69. The average Bonchev–Trinajstić information content (AvgIpc) is 3.42. The van der Waals surface area contributed by atoms with E-state index in [1.807, 2.05) is 0 Å². The first-order chi connectivity index (χ1) is 23.1. The number of pyridine rings is 1. The van der Waals surface area contributed by atoms with Crippen LogP contribution < -0.4 is 14.4 Å². The Morgan fingerprint density at radius 2 is 2.02 bits per heavy atom. The number of nitrogens with zero attached hydrogens (tertiary/aromatic N) is 5. The van der Waals surface area contributed by atoms with Gasteiger partial charge in [-0.25, -0.2) is 22.5 Å². The quantitative estimate of drug-likeness (QED) is 0.211. The molecule has 238 valence electrons. The molecule has 5 atom stereocenters. The van der Waals surface area contributed by atoms with E-state index in [1.54, 1.807) is 28.0 Å². The van der Waals surface area contributed by atoms with Crippen molar-refractivity contribution in [1.29, 1.82) is 0 Å². The number of hydrogen-bond acceptors (Lipinski definition) is 8. The molecule has 12 heteroatoms. The van der Waals surface area contributed by atoms with E-state index >= 15 is 8.78 Å². The third-order valence-corrected chi connectivity index (χ3v) is 9.69. The molecule has 2 aromatic heterocycles. The molecule has 2 aromatic carbocycles. The number of terminal acetylenes is 1. The number of hydrogen-bond donors (Lipinski definition) is 0. The van der Waals surface area contributed by atoms with Gasteiger partial charge < -0.3 is 19.1 Å². The van der Waals surface area contributed by atoms with Crippen molar-refractivity contribution in [3.63, 3.8) is 0 Å². The van der Waals surface area contributed by atoms with E-state index in [0.29, 0.717) is 24.8 Å². The van der Waals surface area contributed by atoms with E-state index in [4.69, 9.17) is 23.4 Å². The fourth-order valence-electron chi connectivity index (χ4n) is 7.46. The van der Waals surface area contributed by atoms with Crippen LogP contribution in [0.25, 0.3) is 32.9 Å². The van der Waals surface area contributed by atoms with Gasteiger partial charge in [0.1, 0.15) is 47.1 Å². The predicted molar refractivity (Wildman–Crippen MR) is 164 cm³/mol. The maximum Gasteiger partial charge on any atom is 0.319 e. The Bertz CT molecular complexity index is 2010. The molecular weight excluding hydrogens is 602 g/mol. The van der Waals surface area contributed by atoms with Gasteiger partial charge in [0.25, 0.3) is 0 Å². The summed E-state index contributed by atoms with van der Waals surface area (Å²) in [5.41, 5.74) is -1.77. The summed E-state index contributed by atoms with van der Waals surface area (Å²) in [6.07, 6.45) is 4.13. The molecule has 0 bridgehead atoms. The number of fused-ring (bicyclic) bond motifs is 4. The Labute approximate surface area is 265 Å². The molecule has 4 aliphatic rings. The molecule has 5 heterocycles. The minimum Gasteiger partial charge on any atom is -0.480 e. The second kappa shape index (κ2) is 11.0. The lowest BCUT2D eigenvalue weighted by molar-refractivity contribution is 0.107. The summed E-state index contributed by atoms with van der Waals surface area (Å²) in [7, 11) is 1.33. The maximum absolute atomic E-state index is 17.0. The van der Waals surface area contributed by atoms with Crippen LogP contribution in [0, 0.1) is 29.9 Å². The first-order valence-electron chi connectivity index (χ1n) is 16.3. The van der Waals surface area contributed by atoms with Crippen LogP contribution in [0.15, 0.2) is 30.3 Å². The molecule has 1 aliphatic carbocycles. The van der Waals surface area contributed by atoms with Crippen LogP contribution >= 0.6 is 0 Å². The lowest BCUT2D eigenvalue weighted by atomic mass is 9.95. The molecule has 4 aromatic rings. The molecule has 3 saturated heterocycles. The van der Waals surface area contributed by atoms with Gasteiger partial charge in [0.05, 0.1) is 40.2 Å². The second-order valence-corrected chi connectivity index (χ2v) is 12.3. The van der Waals surface area contributed by atoms with E-state index in [-0.39, 0.29) is 77.5 Å². The molecule has 8 rings (SSSR count). The van der Waals surface area contributed by atoms with Crippen molar-refractivity contribution in [2.45, 2.75) is 43.2 Å². The summed E-state index contributed by atoms with van der Waals surface area (Å²) >= 11 is 0. The van der Waals surface area contributed by atoms with E-state index in [2.05, 4.69) is 20.9 Å². The number of methoxy groups -OCH3 is 1. The van der Waals surface area contributed by atoms with Crippen molar-refractivity contribution in [2.75, 3.05) is 51.4 Å². The molecule has 46 heavy (non-hydrogen) atoms. The van der Waals surface area contributed by atoms with Crippen LogP contribution in [0.1, 0.15) is 27.6 Å². The number of benzene rings is 2. The predicted octanol–water partition coefficient (Wildman–Crippen LogP) is 5.24. The zero-order chi connectivity index (χ0) is 33.5. The first kappa shape index (κ1) is 27.0. The summed E-state index contributed by atoms with van der Waals surface area (Å²) in [6.45, 7) is -1.29. The average molecular weight is 636 g/mol. The molecule has 3 aliphatic heterocycles. The fraction of sp³-hybridized carbons (Fsp3) is 0.441. The lowest BCUT2D eigenvalue weighted by Crippen LogP contribution is -2.43. The Hall–Kier alpha value is -4.21. The van der Waals surface area contributed by atoms with Crippen molar-refractivity contribution in [3.8, 4) is 35.5 Å². The van der Waals surface area contributed by atoms with Gasteiger partial charge in [-0.15, -0.1) is 6.42 Å².